The number of halogens is 3. The van der Waals surface area contributed by atoms with Gasteiger partial charge in [-0.15, -0.1) is 0 Å². The average molecular weight is 269 g/mol. The average Bonchev–Trinajstić information content (AvgIpc) is 2.09. The summed E-state index contributed by atoms with van der Waals surface area (Å²) in [7, 11) is 1.48. The van der Waals surface area contributed by atoms with E-state index in [4.69, 9.17) is 16.3 Å². The zero-order valence-corrected chi connectivity index (χ0v) is 9.15. The first kappa shape index (κ1) is 10.8. The number of rotatable bonds is 3. The van der Waals surface area contributed by atoms with E-state index >= 15 is 0 Å². The minimum absolute atomic E-state index is 0.0540. The molecule has 0 N–H and O–H groups in total. The van der Waals surface area contributed by atoms with Gasteiger partial charge >= 0.3 is 0 Å². The van der Waals surface area contributed by atoms with Crippen LogP contribution in [0.1, 0.15) is 0 Å². The van der Waals surface area contributed by atoms with Gasteiger partial charge in [-0.2, -0.15) is 0 Å². The number of hydrogen-bond acceptors (Lipinski definition) is 2. The highest BCUT2D eigenvalue weighted by atomic mass is 79.9. The lowest BCUT2D eigenvalue weighted by Gasteiger charge is -2.07. The first-order valence-electron chi connectivity index (χ1n) is 3.41. The molecule has 0 aromatic heterocycles. The van der Waals surface area contributed by atoms with Crippen LogP contribution in [-0.4, -0.2) is 13.9 Å². The summed E-state index contributed by atoms with van der Waals surface area (Å²) in [5, 5.41) is 0.284. The molecule has 1 aromatic carbocycles. The van der Waals surface area contributed by atoms with Crippen molar-refractivity contribution < 1.29 is 13.9 Å². The Morgan fingerprint density at radius 3 is 2.85 bits per heavy atom. The van der Waals surface area contributed by atoms with Crippen molar-refractivity contribution in [1.29, 1.82) is 0 Å². The third-order valence-electron chi connectivity index (χ3n) is 1.29. The van der Waals surface area contributed by atoms with Crippen LogP contribution in [0.2, 0.25) is 5.02 Å². The van der Waals surface area contributed by atoms with E-state index in [1.54, 1.807) is 0 Å². The van der Waals surface area contributed by atoms with Gasteiger partial charge in [-0.05, 0) is 22.0 Å². The molecular formula is C8H7BrClFO2. The zero-order chi connectivity index (χ0) is 9.84. The summed E-state index contributed by atoms with van der Waals surface area (Å²) >= 11 is 8.65. The van der Waals surface area contributed by atoms with Crippen molar-refractivity contribution in [2.45, 2.75) is 0 Å². The normalized spacial score (nSPS) is 10.2. The summed E-state index contributed by atoms with van der Waals surface area (Å²) in [5.74, 6) is -0.134. The van der Waals surface area contributed by atoms with E-state index in [0.29, 0.717) is 5.75 Å². The Labute approximate surface area is 88.7 Å². The maximum atomic E-state index is 13.0. The SMILES string of the molecule is COCOc1cc(Cl)cc(F)c1Br. The summed E-state index contributed by atoms with van der Waals surface area (Å²) < 4.78 is 23.0. The first-order chi connectivity index (χ1) is 6.15. The van der Waals surface area contributed by atoms with E-state index in [1.807, 2.05) is 0 Å². The molecule has 0 atom stereocenters. The Morgan fingerprint density at radius 2 is 2.23 bits per heavy atom. The van der Waals surface area contributed by atoms with Gasteiger partial charge in [-0.3, -0.25) is 0 Å². The van der Waals surface area contributed by atoms with Gasteiger partial charge in [0.1, 0.15) is 11.6 Å². The standard InChI is InChI=1S/C8H7BrClFO2/c1-12-4-13-7-3-5(10)2-6(11)8(7)9/h2-3H,4H2,1H3. The van der Waals surface area contributed by atoms with Gasteiger partial charge in [0.15, 0.2) is 6.79 Å². The van der Waals surface area contributed by atoms with Crippen LogP contribution in [0.4, 0.5) is 4.39 Å². The lowest BCUT2D eigenvalue weighted by atomic mass is 10.3. The van der Waals surface area contributed by atoms with Crippen LogP contribution in [0.3, 0.4) is 0 Å². The predicted molar refractivity (Wildman–Crippen MR) is 51.6 cm³/mol. The molecule has 0 unspecified atom stereocenters. The highest BCUT2D eigenvalue weighted by Crippen LogP contribution is 2.31. The van der Waals surface area contributed by atoms with Crippen molar-refractivity contribution in [3.8, 4) is 5.75 Å². The zero-order valence-electron chi connectivity index (χ0n) is 6.81. The van der Waals surface area contributed by atoms with Gasteiger partial charge < -0.3 is 9.47 Å². The van der Waals surface area contributed by atoms with E-state index in [-0.39, 0.29) is 16.3 Å². The number of benzene rings is 1. The van der Waals surface area contributed by atoms with E-state index in [9.17, 15) is 4.39 Å². The molecule has 0 amide bonds. The molecule has 72 valence electrons. The van der Waals surface area contributed by atoms with E-state index in [0.717, 1.165) is 0 Å². The molecule has 0 aliphatic rings. The highest BCUT2D eigenvalue weighted by Gasteiger charge is 2.08. The minimum atomic E-state index is -0.460. The van der Waals surface area contributed by atoms with Crippen LogP contribution < -0.4 is 4.74 Å². The molecule has 0 radical (unpaired) electrons. The summed E-state index contributed by atoms with van der Waals surface area (Å²) in [6.45, 7) is 0.0540. The van der Waals surface area contributed by atoms with Crippen LogP contribution in [0, 0.1) is 5.82 Å². The first-order valence-corrected chi connectivity index (χ1v) is 4.58. The van der Waals surface area contributed by atoms with Crippen molar-refractivity contribution in [2.75, 3.05) is 13.9 Å². The van der Waals surface area contributed by atoms with E-state index < -0.39 is 5.82 Å². The van der Waals surface area contributed by atoms with Crippen LogP contribution >= 0.6 is 27.5 Å². The Balaban J connectivity index is 2.92. The predicted octanol–water partition coefficient (Wildman–Crippen LogP) is 3.22. The molecule has 0 aliphatic heterocycles. The highest BCUT2D eigenvalue weighted by molar-refractivity contribution is 9.10. The van der Waals surface area contributed by atoms with Crippen LogP contribution in [0.25, 0.3) is 0 Å². The van der Waals surface area contributed by atoms with Crippen LogP contribution in [0.15, 0.2) is 16.6 Å². The molecule has 13 heavy (non-hydrogen) atoms. The third-order valence-corrected chi connectivity index (χ3v) is 2.28. The molecular weight excluding hydrogens is 262 g/mol. The molecule has 0 bridgehead atoms. The Bertz CT molecular complexity index is 306. The van der Waals surface area contributed by atoms with Crippen LogP contribution in [-0.2, 0) is 4.74 Å². The molecule has 1 rings (SSSR count). The fraction of sp³-hybridized carbons (Fsp3) is 0.250. The monoisotopic (exact) mass is 268 g/mol. The van der Waals surface area contributed by atoms with Gasteiger partial charge in [-0.25, -0.2) is 4.39 Å². The smallest absolute Gasteiger partial charge is 0.188 e. The van der Waals surface area contributed by atoms with E-state index in [1.165, 1.54) is 19.2 Å². The number of methoxy groups -OCH3 is 1. The van der Waals surface area contributed by atoms with Crippen molar-refractivity contribution in [3.63, 3.8) is 0 Å². The summed E-state index contributed by atoms with van der Waals surface area (Å²) in [6, 6.07) is 2.71. The summed E-state index contributed by atoms with van der Waals surface area (Å²) in [4.78, 5) is 0. The third kappa shape index (κ3) is 2.83. The molecule has 0 heterocycles. The Morgan fingerprint density at radius 1 is 1.54 bits per heavy atom. The molecule has 1 aromatic rings. The Hall–Kier alpha value is -0.320. The fourth-order valence-corrected chi connectivity index (χ4v) is 1.30. The summed E-state index contributed by atoms with van der Waals surface area (Å²) in [5.41, 5.74) is 0. The van der Waals surface area contributed by atoms with Crippen molar-refractivity contribution in [2.24, 2.45) is 0 Å². The molecule has 0 aliphatic carbocycles. The molecule has 0 saturated heterocycles. The second-order valence-electron chi connectivity index (χ2n) is 2.25. The molecule has 2 nitrogen and oxygen atoms in total. The second kappa shape index (κ2) is 4.79. The number of hydrogen-bond donors (Lipinski definition) is 0. The minimum Gasteiger partial charge on any atom is -0.466 e. The maximum absolute atomic E-state index is 13.0. The molecule has 0 spiro atoms. The molecule has 5 heteroatoms. The van der Waals surface area contributed by atoms with Gasteiger partial charge in [-0.1, -0.05) is 11.6 Å². The van der Waals surface area contributed by atoms with Gasteiger partial charge in [0.25, 0.3) is 0 Å². The quantitative estimate of drug-likeness (QED) is 0.619. The van der Waals surface area contributed by atoms with Gasteiger partial charge in [0.2, 0.25) is 0 Å². The summed E-state index contributed by atoms with van der Waals surface area (Å²) in [6.07, 6.45) is 0. The van der Waals surface area contributed by atoms with Crippen LogP contribution in [0.5, 0.6) is 5.75 Å². The lowest BCUT2D eigenvalue weighted by Crippen LogP contribution is -2.00. The van der Waals surface area contributed by atoms with Crippen molar-refractivity contribution >= 4 is 27.5 Å². The van der Waals surface area contributed by atoms with Crippen molar-refractivity contribution in [1.82, 2.24) is 0 Å². The molecule has 0 saturated carbocycles. The fourth-order valence-electron chi connectivity index (χ4n) is 0.760. The lowest BCUT2D eigenvalue weighted by molar-refractivity contribution is 0.0503. The second-order valence-corrected chi connectivity index (χ2v) is 3.48. The maximum Gasteiger partial charge on any atom is 0.188 e. The van der Waals surface area contributed by atoms with E-state index in [2.05, 4.69) is 20.7 Å². The number of ether oxygens (including phenoxy) is 2. The molecule has 0 fully saturated rings. The van der Waals surface area contributed by atoms with Crippen molar-refractivity contribution in [3.05, 3.63) is 27.4 Å². The van der Waals surface area contributed by atoms with Gasteiger partial charge in [0.05, 0.1) is 4.47 Å². The topological polar surface area (TPSA) is 18.5 Å². The largest absolute Gasteiger partial charge is 0.466 e. The van der Waals surface area contributed by atoms with Gasteiger partial charge in [0, 0.05) is 18.2 Å². The Kier molecular flexibility index (Phi) is 3.96.